The van der Waals surface area contributed by atoms with E-state index in [-0.39, 0.29) is 49.6 Å². The van der Waals surface area contributed by atoms with E-state index in [1.165, 1.54) is 77.0 Å². The van der Waals surface area contributed by atoms with Crippen LogP contribution in [0.1, 0.15) is 124 Å². The quantitative estimate of drug-likeness (QED) is 0.204. The molecular weight excluding hydrogens is 411 g/mol. The van der Waals surface area contributed by atoms with Crippen LogP contribution in [0.25, 0.3) is 0 Å². The first-order valence-electron chi connectivity index (χ1n) is 11.7. The fraction of sp³-hybridized carbons (Fsp3) is 0.909. The zero-order valence-corrected chi connectivity index (χ0v) is 22.4. The predicted molar refractivity (Wildman–Crippen MR) is 121 cm³/mol. The summed E-state index contributed by atoms with van der Waals surface area (Å²) in [5.74, 6) is -1.33. The van der Waals surface area contributed by atoms with Crippen molar-refractivity contribution in [1.82, 2.24) is 4.72 Å². The molecule has 0 saturated carbocycles. The molecule has 0 fully saturated rings. The van der Waals surface area contributed by atoms with Crippen molar-refractivity contribution in [2.24, 2.45) is 5.73 Å². The van der Waals surface area contributed by atoms with Crippen LogP contribution < -0.4 is 40.0 Å². The summed E-state index contributed by atoms with van der Waals surface area (Å²) in [6.45, 7) is 2.25. The Hall–Kier alpha value is -0.110. The Morgan fingerprint density at radius 3 is 1.43 bits per heavy atom. The molecule has 0 radical (unpaired) electrons. The van der Waals surface area contributed by atoms with Gasteiger partial charge in [-0.1, -0.05) is 103 Å². The second-order valence-corrected chi connectivity index (χ2v) is 9.96. The van der Waals surface area contributed by atoms with E-state index < -0.39 is 21.8 Å². The number of hydrogen-bond acceptors (Lipinski definition) is 4. The van der Waals surface area contributed by atoms with Gasteiger partial charge in [0.2, 0.25) is 21.8 Å². The first-order valence-corrected chi connectivity index (χ1v) is 13.3. The molecule has 0 aliphatic carbocycles. The first kappa shape index (κ1) is 32.1. The van der Waals surface area contributed by atoms with Crippen molar-refractivity contribution < 1.29 is 49.0 Å². The normalized spacial score (nSPS) is 11.1. The largest absolute Gasteiger partial charge is 1.00 e. The molecule has 0 aliphatic heterocycles. The van der Waals surface area contributed by atoms with Crippen LogP contribution in [0.5, 0.6) is 0 Å². The molecule has 0 spiro atoms. The molecule has 0 saturated heterocycles. The zero-order chi connectivity index (χ0) is 21.8. The van der Waals surface area contributed by atoms with Crippen LogP contribution in [0.4, 0.5) is 0 Å². The van der Waals surface area contributed by atoms with Gasteiger partial charge >= 0.3 is 29.6 Å². The summed E-state index contributed by atoms with van der Waals surface area (Å²) in [4.78, 5) is 22.0. The van der Waals surface area contributed by atoms with Gasteiger partial charge in [0, 0.05) is 12.8 Å². The van der Waals surface area contributed by atoms with E-state index in [1.54, 1.807) is 0 Å². The standard InChI is InChI=1S/C22H44N2O4S.Na.H/c1-2-3-4-5-6-7-8-9-10-11-12-13-14-15-16-17-20-29(27,28)24-22(26)19-18-21(23)25;;/h2-20H2,1H3,(H2,23,25)(H,24,26);;/q;+1;-1. The Bertz CT molecular complexity index is 534. The third-order valence-corrected chi connectivity index (χ3v) is 6.50. The second kappa shape index (κ2) is 22.1. The molecule has 0 atom stereocenters. The molecule has 0 heterocycles. The average Bonchev–Trinajstić information content (AvgIpc) is 2.65. The van der Waals surface area contributed by atoms with E-state index in [0.29, 0.717) is 6.42 Å². The molecule has 3 N–H and O–H groups in total. The Morgan fingerprint density at radius 2 is 1.07 bits per heavy atom. The number of rotatable bonds is 21. The second-order valence-electron chi connectivity index (χ2n) is 8.11. The number of nitrogens with one attached hydrogen (secondary N) is 1. The van der Waals surface area contributed by atoms with Gasteiger partial charge in [0.05, 0.1) is 5.75 Å². The van der Waals surface area contributed by atoms with Gasteiger partial charge in [0.25, 0.3) is 0 Å². The number of hydrogen-bond donors (Lipinski definition) is 2. The maximum atomic E-state index is 11.8. The minimum absolute atomic E-state index is 0. The molecule has 6 nitrogen and oxygen atoms in total. The summed E-state index contributed by atoms with van der Waals surface area (Å²) in [5, 5.41) is 0. The van der Waals surface area contributed by atoms with Crippen LogP contribution in [-0.2, 0) is 19.6 Å². The van der Waals surface area contributed by atoms with Crippen molar-refractivity contribution in [3.63, 3.8) is 0 Å². The van der Waals surface area contributed by atoms with Gasteiger partial charge in [-0.2, -0.15) is 0 Å². The van der Waals surface area contributed by atoms with E-state index >= 15 is 0 Å². The molecule has 0 unspecified atom stereocenters. The molecule has 0 bridgehead atoms. The predicted octanol–water partition coefficient (Wildman–Crippen LogP) is 2.08. The van der Waals surface area contributed by atoms with Gasteiger partial charge in [0.15, 0.2) is 0 Å². The maximum absolute atomic E-state index is 11.8. The Balaban J connectivity index is -0.00000392. The monoisotopic (exact) mass is 456 g/mol. The van der Waals surface area contributed by atoms with Gasteiger partial charge in [-0.15, -0.1) is 0 Å². The van der Waals surface area contributed by atoms with Gasteiger partial charge in [0.1, 0.15) is 0 Å². The molecule has 0 aliphatic rings. The third-order valence-electron chi connectivity index (χ3n) is 5.13. The molecule has 0 aromatic rings. The van der Waals surface area contributed by atoms with Crippen molar-refractivity contribution >= 4 is 21.8 Å². The Morgan fingerprint density at radius 1 is 0.700 bits per heavy atom. The summed E-state index contributed by atoms with van der Waals surface area (Å²) in [6.07, 6.45) is 19.4. The summed E-state index contributed by atoms with van der Waals surface area (Å²) in [5.41, 5.74) is 4.94. The SMILES string of the molecule is CCCCCCCCCCCCCCCCCCS(=O)(=O)NC(=O)CCC(N)=O.[H-].[Na+]. The number of primary amides is 1. The van der Waals surface area contributed by atoms with E-state index in [4.69, 9.17) is 5.73 Å². The van der Waals surface area contributed by atoms with Crippen LogP contribution in [-0.4, -0.2) is 26.0 Å². The van der Waals surface area contributed by atoms with E-state index in [2.05, 4.69) is 6.92 Å². The summed E-state index contributed by atoms with van der Waals surface area (Å²) < 4.78 is 25.6. The van der Waals surface area contributed by atoms with Crippen molar-refractivity contribution in [1.29, 1.82) is 0 Å². The molecule has 0 aromatic carbocycles. The summed E-state index contributed by atoms with van der Waals surface area (Å²) in [7, 11) is -3.60. The number of carbonyl (C=O) groups excluding carboxylic acids is 2. The van der Waals surface area contributed by atoms with Crippen molar-refractivity contribution in [2.75, 3.05) is 5.75 Å². The minimum Gasteiger partial charge on any atom is -1.00 e. The Kier molecular flexibility index (Phi) is 23.6. The van der Waals surface area contributed by atoms with Gasteiger partial charge < -0.3 is 7.16 Å². The number of carbonyl (C=O) groups is 2. The molecule has 30 heavy (non-hydrogen) atoms. The molecule has 0 rings (SSSR count). The summed E-state index contributed by atoms with van der Waals surface area (Å²) in [6, 6.07) is 0. The number of unbranched alkanes of at least 4 members (excludes halogenated alkanes) is 15. The minimum atomic E-state index is -3.60. The van der Waals surface area contributed by atoms with Crippen LogP contribution in [0, 0.1) is 0 Å². The third kappa shape index (κ3) is 24.2. The van der Waals surface area contributed by atoms with Crippen LogP contribution >= 0.6 is 0 Å². The fourth-order valence-electron chi connectivity index (χ4n) is 3.35. The molecule has 2 amide bonds. The van der Waals surface area contributed by atoms with Crippen molar-refractivity contribution in [2.45, 2.75) is 122 Å². The molecule has 174 valence electrons. The van der Waals surface area contributed by atoms with Gasteiger partial charge in [-0.3, -0.25) is 14.3 Å². The number of amides is 2. The topological polar surface area (TPSA) is 106 Å². The van der Waals surface area contributed by atoms with Crippen molar-refractivity contribution in [3.8, 4) is 0 Å². The zero-order valence-electron chi connectivity index (χ0n) is 20.6. The van der Waals surface area contributed by atoms with Gasteiger partial charge in [-0.25, -0.2) is 8.42 Å². The Labute approximate surface area is 208 Å². The maximum Gasteiger partial charge on any atom is 1.00 e. The average molecular weight is 457 g/mol. The van der Waals surface area contributed by atoms with Gasteiger partial charge in [-0.05, 0) is 6.42 Å². The fourth-order valence-corrected chi connectivity index (χ4v) is 4.49. The van der Waals surface area contributed by atoms with Crippen LogP contribution in [0.15, 0.2) is 0 Å². The number of nitrogens with two attached hydrogens (primary N) is 1. The molecular formula is C22H45N2NaO4S. The van der Waals surface area contributed by atoms with Crippen LogP contribution in [0.3, 0.4) is 0 Å². The number of sulfonamides is 1. The smallest absolute Gasteiger partial charge is 1.00 e. The first-order chi connectivity index (χ1) is 13.9. The summed E-state index contributed by atoms with van der Waals surface area (Å²) >= 11 is 0. The van der Waals surface area contributed by atoms with E-state index in [0.717, 1.165) is 19.3 Å². The van der Waals surface area contributed by atoms with E-state index in [1.807, 2.05) is 4.72 Å². The molecule has 0 aromatic heterocycles. The van der Waals surface area contributed by atoms with E-state index in [9.17, 15) is 18.0 Å². The molecule has 8 heteroatoms. The van der Waals surface area contributed by atoms with Crippen LogP contribution in [0.2, 0.25) is 0 Å². The van der Waals surface area contributed by atoms with Crippen molar-refractivity contribution in [3.05, 3.63) is 0 Å².